The molecule has 20 heavy (non-hydrogen) atoms. The molecule has 0 atom stereocenters. The van der Waals surface area contributed by atoms with Gasteiger partial charge in [-0.2, -0.15) is 0 Å². The topological polar surface area (TPSA) is 31.4 Å². The van der Waals surface area contributed by atoms with E-state index in [0.29, 0.717) is 6.04 Å². The Morgan fingerprint density at radius 1 is 1.20 bits per heavy atom. The van der Waals surface area contributed by atoms with E-state index in [9.17, 15) is 0 Å². The molecule has 0 aromatic carbocycles. The number of likely N-dealkylation sites (N-methyl/N-ethyl adjacent to an activating group) is 1. The van der Waals surface area contributed by atoms with Crippen molar-refractivity contribution in [2.75, 3.05) is 38.6 Å². The molecule has 1 heterocycles. The fourth-order valence-corrected chi connectivity index (χ4v) is 2.00. The molecule has 0 unspecified atom stereocenters. The summed E-state index contributed by atoms with van der Waals surface area (Å²) in [7, 11) is 4.22. The maximum Gasteiger partial charge on any atom is 0.128 e. The number of hydrogen-bond acceptors (Lipinski definition) is 4. The Bertz CT molecular complexity index is 376. The van der Waals surface area contributed by atoms with Crippen molar-refractivity contribution in [1.29, 1.82) is 0 Å². The highest BCUT2D eigenvalue weighted by atomic mass is 15.2. The van der Waals surface area contributed by atoms with Gasteiger partial charge in [-0.3, -0.25) is 0 Å². The van der Waals surface area contributed by atoms with Crippen molar-refractivity contribution in [3.63, 3.8) is 0 Å². The minimum Gasteiger partial charge on any atom is -0.355 e. The van der Waals surface area contributed by atoms with E-state index >= 15 is 0 Å². The molecule has 1 rings (SSSR count). The van der Waals surface area contributed by atoms with Gasteiger partial charge in [-0.05, 0) is 38.2 Å². The Balaban J connectivity index is 2.71. The maximum absolute atomic E-state index is 4.54. The van der Waals surface area contributed by atoms with Crippen LogP contribution in [0.4, 0.5) is 5.82 Å². The van der Waals surface area contributed by atoms with E-state index in [2.05, 4.69) is 67.1 Å². The number of pyridine rings is 1. The van der Waals surface area contributed by atoms with E-state index in [1.54, 1.807) is 0 Å². The summed E-state index contributed by atoms with van der Waals surface area (Å²) in [5.74, 6) is 1.09. The second-order valence-electron chi connectivity index (χ2n) is 5.85. The predicted molar refractivity (Wildman–Crippen MR) is 87.3 cm³/mol. The zero-order valence-corrected chi connectivity index (χ0v) is 13.7. The van der Waals surface area contributed by atoms with Gasteiger partial charge in [-0.15, -0.1) is 0 Å². The molecular formula is C16H30N4. The van der Waals surface area contributed by atoms with Crippen LogP contribution in [0.5, 0.6) is 0 Å². The van der Waals surface area contributed by atoms with Gasteiger partial charge in [0.15, 0.2) is 0 Å². The molecule has 0 aliphatic carbocycles. The van der Waals surface area contributed by atoms with Crippen molar-refractivity contribution in [3.8, 4) is 0 Å². The van der Waals surface area contributed by atoms with Gasteiger partial charge in [0.1, 0.15) is 5.82 Å². The van der Waals surface area contributed by atoms with Crippen LogP contribution in [-0.4, -0.2) is 49.7 Å². The fourth-order valence-electron chi connectivity index (χ4n) is 2.00. The summed E-state index contributed by atoms with van der Waals surface area (Å²) in [6.07, 6.45) is 3.06. The SMILES string of the molecule is CCCN(CCN(C)C)c1cc(CNC(C)C)ccn1. The predicted octanol–water partition coefficient (Wildman–Crippen LogP) is 2.36. The second-order valence-corrected chi connectivity index (χ2v) is 5.85. The highest BCUT2D eigenvalue weighted by Crippen LogP contribution is 2.13. The van der Waals surface area contributed by atoms with Crippen molar-refractivity contribution in [1.82, 2.24) is 15.2 Å². The number of nitrogens with one attached hydrogen (secondary N) is 1. The molecule has 0 spiro atoms. The molecule has 0 aliphatic heterocycles. The van der Waals surface area contributed by atoms with Gasteiger partial charge in [-0.25, -0.2) is 4.98 Å². The monoisotopic (exact) mass is 278 g/mol. The smallest absolute Gasteiger partial charge is 0.128 e. The molecule has 0 saturated carbocycles. The summed E-state index contributed by atoms with van der Waals surface area (Å²) in [6, 6.07) is 4.81. The van der Waals surface area contributed by atoms with Gasteiger partial charge < -0.3 is 15.1 Å². The van der Waals surface area contributed by atoms with Crippen molar-refractivity contribution < 1.29 is 0 Å². The summed E-state index contributed by atoms with van der Waals surface area (Å²) >= 11 is 0. The van der Waals surface area contributed by atoms with Gasteiger partial charge in [0.2, 0.25) is 0 Å². The summed E-state index contributed by atoms with van der Waals surface area (Å²) in [4.78, 5) is 9.13. The molecule has 0 bridgehead atoms. The third kappa shape index (κ3) is 6.35. The van der Waals surface area contributed by atoms with Crippen LogP contribution in [0.1, 0.15) is 32.8 Å². The van der Waals surface area contributed by atoms with Crippen LogP contribution in [0, 0.1) is 0 Å². The lowest BCUT2D eigenvalue weighted by Gasteiger charge is -2.25. The highest BCUT2D eigenvalue weighted by Gasteiger charge is 2.08. The van der Waals surface area contributed by atoms with E-state index < -0.39 is 0 Å². The van der Waals surface area contributed by atoms with E-state index in [4.69, 9.17) is 0 Å². The van der Waals surface area contributed by atoms with Crippen LogP contribution in [0.2, 0.25) is 0 Å². The highest BCUT2D eigenvalue weighted by molar-refractivity contribution is 5.41. The molecule has 0 aliphatic rings. The van der Waals surface area contributed by atoms with E-state index in [0.717, 1.165) is 38.4 Å². The minimum absolute atomic E-state index is 0.507. The lowest BCUT2D eigenvalue weighted by atomic mass is 10.2. The Morgan fingerprint density at radius 3 is 2.55 bits per heavy atom. The van der Waals surface area contributed by atoms with E-state index in [1.807, 2.05) is 6.20 Å². The molecule has 1 aromatic heterocycles. The fraction of sp³-hybridized carbons (Fsp3) is 0.688. The normalized spacial score (nSPS) is 11.3. The lowest BCUT2D eigenvalue weighted by molar-refractivity contribution is 0.412. The number of aromatic nitrogens is 1. The average molecular weight is 278 g/mol. The molecule has 4 heteroatoms. The van der Waals surface area contributed by atoms with Crippen molar-refractivity contribution in [2.24, 2.45) is 0 Å². The first-order chi connectivity index (χ1) is 9.52. The minimum atomic E-state index is 0.507. The molecule has 0 fully saturated rings. The molecule has 1 aromatic rings. The number of hydrogen-bond donors (Lipinski definition) is 1. The van der Waals surface area contributed by atoms with Crippen LogP contribution in [0.3, 0.4) is 0 Å². The van der Waals surface area contributed by atoms with Crippen molar-refractivity contribution in [3.05, 3.63) is 23.9 Å². The summed E-state index contributed by atoms with van der Waals surface area (Å²) in [6.45, 7) is 10.6. The third-order valence-corrected chi connectivity index (χ3v) is 3.16. The standard InChI is InChI=1S/C16H30N4/c1-6-9-20(11-10-19(4)5)16-12-15(7-8-17-16)13-18-14(2)3/h7-8,12,14,18H,6,9-11,13H2,1-5H3. The van der Waals surface area contributed by atoms with Crippen LogP contribution < -0.4 is 10.2 Å². The zero-order valence-electron chi connectivity index (χ0n) is 13.7. The Morgan fingerprint density at radius 2 is 1.95 bits per heavy atom. The maximum atomic E-state index is 4.54. The van der Waals surface area contributed by atoms with Gasteiger partial charge in [0, 0.05) is 38.4 Å². The van der Waals surface area contributed by atoms with E-state index in [1.165, 1.54) is 5.56 Å². The first-order valence-electron chi connectivity index (χ1n) is 7.61. The zero-order chi connectivity index (χ0) is 15.0. The summed E-state index contributed by atoms with van der Waals surface area (Å²) in [5, 5.41) is 3.46. The summed E-state index contributed by atoms with van der Waals surface area (Å²) in [5.41, 5.74) is 1.30. The molecule has 4 nitrogen and oxygen atoms in total. The van der Waals surface area contributed by atoms with Gasteiger partial charge >= 0.3 is 0 Å². The Labute approximate surface area is 124 Å². The van der Waals surface area contributed by atoms with Crippen LogP contribution >= 0.6 is 0 Å². The van der Waals surface area contributed by atoms with Crippen LogP contribution in [0.25, 0.3) is 0 Å². The van der Waals surface area contributed by atoms with Crippen LogP contribution in [0.15, 0.2) is 18.3 Å². The molecule has 1 N–H and O–H groups in total. The first-order valence-corrected chi connectivity index (χ1v) is 7.61. The quantitative estimate of drug-likeness (QED) is 0.751. The van der Waals surface area contributed by atoms with E-state index in [-0.39, 0.29) is 0 Å². The van der Waals surface area contributed by atoms with Crippen LogP contribution in [-0.2, 0) is 6.54 Å². The number of rotatable bonds is 9. The molecule has 0 saturated heterocycles. The Kier molecular flexibility index (Phi) is 7.55. The largest absolute Gasteiger partial charge is 0.355 e. The lowest BCUT2D eigenvalue weighted by Crippen LogP contribution is -2.33. The van der Waals surface area contributed by atoms with Gasteiger partial charge in [0.05, 0.1) is 0 Å². The average Bonchev–Trinajstić information content (AvgIpc) is 2.41. The van der Waals surface area contributed by atoms with Gasteiger partial charge in [-0.1, -0.05) is 20.8 Å². The number of anilines is 1. The molecule has 0 amide bonds. The number of nitrogens with zero attached hydrogens (tertiary/aromatic N) is 3. The molecule has 0 radical (unpaired) electrons. The summed E-state index contributed by atoms with van der Waals surface area (Å²) < 4.78 is 0. The van der Waals surface area contributed by atoms with Crippen molar-refractivity contribution in [2.45, 2.75) is 39.8 Å². The Hall–Kier alpha value is -1.13. The molecule has 114 valence electrons. The molecular weight excluding hydrogens is 248 g/mol. The third-order valence-electron chi connectivity index (χ3n) is 3.16. The second kappa shape index (κ2) is 8.93. The first kappa shape index (κ1) is 16.9. The van der Waals surface area contributed by atoms with Gasteiger partial charge in [0.25, 0.3) is 0 Å². The van der Waals surface area contributed by atoms with Crippen molar-refractivity contribution >= 4 is 5.82 Å².